The van der Waals surface area contributed by atoms with Gasteiger partial charge in [-0.15, -0.1) is 0 Å². The predicted molar refractivity (Wildman–Crippen MR) is 95.5 cm³/mol. The third kappa shape index (κ3) is 9.61. The molecule has 0 aliphatic carbocycles. The van der Waals surface area contributed by atoms with Gasteiger partial charge in [0.25, 0.3) is 0 Å². The summed E-state index contributed by atoms with van der Waals surface area (Å²) < 4.78 is 0. The van der Waals surface area contributed by atoms with Gasteiger partial charge in [0.05, 0.1) is 18.0 Å². The van der Waals surface area contributed by atoms with Crippen LogP contribution in [0, 0.1) is 11.8 Å². The molecule has 0 radical (unpaired) electrons. The highest BCUT2D eigenvalue weighted by Crippen LogP contribution is 2.09. The molecular weight excluding hydrogens is 356 g/mol. The van der Waals surface area contributed by atoms with Crippen molar-refractivity contribution >= 4 is 17.9 Å². The molecule has 2 saturated heterocycles. The van der Waals surface area contributed by atoms with Gasteiger partial charge in [-0.05, 0) is 38.8 Å². The minimum atomic E-state index is -1.05. The van der Waals surface area contributed by atoms with Crippen molar-refractivity contribution in [2.24, 2.45) is 11.8 Å². The number of aromatic carboxylic acids is 1. The Hall–Kier alpha value is -2.59. The second-order valence-electron chi connectivity index (χ2n) is 6.16. The van der Waals surface area contributed by atoms with Crippen LogP contribution in [0.4, 0.5) is 0 Å². The Morgan fingerprint density at radius 3 is 1.63 bits per heavy atom. The zero-order chi connectivity index (χ0) is 20.1. The standard InChI is InChI=1S/2C6H11NO2.C5H4N2O2/c2*8-6(9)5-2-1-3-7-4-5;8-5(9)4-3-6-1-2-7-4/h2*5,7H,1-4H2,(H,8,9);1-3H,(H,8,9)/t5-;;/m1../s1. The molecule has 2 atom stereocenters. The molecule has 5 N–H and O–H groups in total. The predicted octanol–water partition coefficient (Wildman–Crippen LogP) is 0.316. The molecule has 1 unspecified atom stereocenters. The largest absolute Gasteiger partial charge is 0.481 e. The van der Waals surface area contributed by atoms with Crippen LogP contribution in [0.1, 0.15) is 36.2 Å². The Kier molecular flexibility index (Phi) is 10.6. The lowest BCUT2D eigenvalue weighted by Crippen LogP contribution is -2.34. The summed E-state index contributed by atoms with van der Waals surface area (Å²) >= 11 is 0. The van der Waals surface area contributed by atoms with Crippen molar-refractivity contribution in [1.29, 1.82) is 0 Å². The first-order chi connectivity index (χ1) is 12.9. The van der Waals surface area contributed by atoms with Crippen LogP contribution < -0.4 is 10.6 Å². The van der Waals surface area contributed by atoms with E-state index in [1.54, 1.807) is 0 Å². The van der Waals surface area contributed by atoms with Crippen molar-refractivity contribution in [3.8, 4) is 0 Å². The number of carboxylic acids is 3. The van der Waals surface area contributed by atoms with Gasteiger partial charge < -0.3 is 26.0 Å². The Balaban J connectivity index is 0.000000202. The number of hydrogen-bond donors (Lipinski definition) is 5. The highest BCUT2D eigenvalue weighted by Gasteiger charge is 2.19. The van der Waals surface area contributed by atoms with E-state index in [-0.39, 0.29) is 17.5 Å². The zero-order valence-corrected chi connectivity index (χ0v) is 15.0. The smallest absolute Gasteiger partial charge is 0.356 e. The fourth-order valence-corrected chi connectivity index (χ4v) is 2.53. The SMILES string of the molecule is O=C(O)C1CCCNC1.O=C(O)[C@@H]1CCCNC1.O=C(O)c1cnccn1. The highest BCUT2D eigenvalue weighted by molar-refractivity contribution is 5.84. The number of carbonyl (C=O) groups is 3. The number of aromatic nitrogens is 2. The van der Waals surface area contributed by atoms with Crippen LogP contribution in [0.3, 0.4) is 0 Å². The first kappa shape index (κ1) is 22.5. The summed E-state index contributed by atoms with van der Waals surface area (Å²) in [6.45, 7) is 3.25. The van der Waals surface area contributed by atoms with Gasteiger partial charge >= 0.3 is 17.9 Å². The molecule has 27 heavy (non-hydrogen) atoms. The molecule has 0 bridgehead atoms. The Labute approximate surface area is 157 Å². The number of aliphatic carboxylic acids is 2. The van der Waals surface area contributed by atoms with Crippen LogP contribution in [0.15, 0.2) is 18.6 Å². The lowest BCUT2D eigenvalue weighted by Gasteiger charge is -2.18. The summed E-state index contributed by atoms with van der Waals surface area (Å²) in [7, 11) is 0. The average molecular weight is 382 g/mol. The first-order valence-corrected chi connectivity index (χ1v) is 8.78. The summed E-state index contributed by atoms with van der Waals surface area (Å²) in [5.74, 6) is -2.66. The molecule has 0 saturated carbocycles. The molecule has 3 heterocycles. The maximum absolute atomic E-state index is 10.3. The lowest BCUT2D eigenvalue weighted by molar-refractivity contribution is -0.143. The molecule has 0 aromatic carbocycles. The van der Waals surface area contributed by atoms with E-state index in [0.29, 0.717) is 13.1 Å². The van der Waals surface area contributed by atoms with Crippen LogP contribution in [-0.2, 0) is 9.59 Å². The van der Waals surface area contributed by atoms with Gasteiger partial charge in [-0.2, -0.15) is 0 Å². The van der Waals surface area contributed by atoms with Crippen LogP contribution in [0.25, 0.3) is 0 Å². The Bertz CT molecular complexity index is 558. The maximum atomic E-state index is 10.3. The average Bonchev–Trinajstić information content (AvgIpc) is 2.71. The van der Waals surface area contributed by atoms with Crippen molar-refractivity contribution in [3.63, 3.8) is 0 Å². The van der Waals surface area contributed by atoms with Gasteiger partial charge in [0.1, 0.15) is 0 Å². The molecular formula is C17H26N4O6. The molecule has 1 aromatic rings. The topological polar surface area (TPSA) is 162 Å². The molecule has 150 valence electrons. The molecule has 0 amide bonds. The monoisotopic (exact) mass is 382 g/mol. The lowest BCUT2D eigenvalue weighted by atomic mass is 10.0. The molecule has 0 spiro atoms. The van der Waals surface area contributed by atoms with E-state index in [9.17, 15) is 14.4 Å². The van der Waals surface area contributed by atoms with E-state index in [0.717, 1.165) is 38.8 Å². The van der Waals surface area contributed by atoms with Crippen LogP contribution in [0.2, 0.25) is 0 Å². The van der Waals surface area contributed by atoms with E-state index >= 15 is 0 Å². The van der Waals surface area contributed by atoms with Gasteiger partial charge in [-0.25, -0.2) is 9.78 Å². The summed E-state index contributed by atoms with van der Waals surface area (Å²) in [6.07, 6.45) is 7.62. The molecule has 2 aliphatic rings. The van der Waals surface area contributed by atoms with Gasteiger partial charge in [0.2, 0.25) is 0 Å². The fourth-order valence-electron chi connectivity index (χ4n) is 2.53. The molecule has 1 aromatic heterocycles. The molecule has 10 nitrogen and oxygen atoms in total. The van der Waals surface area contributed by atoms with E-state index in [2.05, 4.69) is 20.6 Å². The van der Waals surface area contributed by atoms with Crippen LogP contribution >= 0.6 is 0 Å². The van der Waals surface area contributed by atoms with Crippen molar-refractivity contribution in [2.75, 3.05) is 26.2 Å². The molecule has 2 aliphatic heterocycles. The van der Waals surface area contributed by atoms with E-state index in [4.69, 9.17) is 15.3 Å². The second kappa shape index (κ2) is 12.7. The highest BCUT2D eigenvalue weighted by atomic mass is 16.4. The van der Waals surface area contributed by atoms with Crippen molar-refractivity contribution in [3.05, 3.63) is 24.3 Å². The Morgan fingerprint density at radius 1 is 0.889 bits per heavy atom. The fraction of sp³-hybridized carbons (Fsp3) is 0.588. The summed E-state index contributed by atoms with van der Waals surface area (Å²) in [5.41, 5.74) is -0.0301. The molecule has 2 fully saturated rings. The van der Waals surface area contributed by atoms with Gasteiger partial charge in [0.15, 0.2) is 5.69 Å². The zero-order valence-electron chi connectivity index (χ0n) is 15.0. The van der Waals surface area contributed by atoms with Gasteiger partial charge in [0, 0.05) is 25.5 Å². The minimum absolute atomic E-state index is 0.0301. The number of rotatable bonds is 3. The number of hydrogen-bond acceptors (Lipinski definition) is 7. The molecule has 10 heteroatoms. The second-order valence-corrected chi connectivity index (χ2v) is 6.16. The first-order valence-electron chi connectivity index (χ1n) is 8.78. The van der Waals surface area contributed by atoms with Crippen LogP contribution in [0.5, 0.6) is 0 Å². The molecule has 3 rings (SSSR count). The van der Waals surface area contributed by atoms with Crippen molar-refractivity contribution < 1.29 is 29.7 Å². The van der Waals surface area contributed by atoms with Crippen molar-refractivity contribution in [2.45, 2.75) is 25.7 Å². The summed E-state index contributed by atoms with van der Waals surface area (Å²) in [4.78, 5) is 37.8. The van der Waals surface area contributed by atoms with E-state index < -0.39 is 17.9 Å². The Morgan fingerprint density at radius 2 is 1.41 bits per heavy atom. The third-order valence-electron chi connectivity index (χ3n) is 4.07. The normalized spacial score (nSPS) is 21.5. The third-order valence-corrected chi connectivity index (χ3v) is 4.07. The van der Waals surface area contributed by atoms with Gasteiger partial charge in [-0.1, -0.05) is 0 Å². The van der Waals surface area contributed by atoms with E-state index in [1.165, 1.54) is 18.6 Å². The van der Waals surface area contributed by atoms with E-state index in [1.807, 2.05) is 0 Å². The quantitative estimate of drug-likeness (QED) is 0.492. The van der Waals surface area contributed by atoms with Crippen LogP contribution in [-0.4, -0.2) is 69.4 Å². The summed E-state index contributed by atoms with van der Waals surface area (Å²) in [6, 6.07) is 0. The van der Waals surface area contributed by atoms with Crippen molar-refractivity contribution in [1.82, 2.24) is 20.6 Å². The number of carboxylic acid groups (broad SMARTS) is 3. The number of nitrogens with zero attached hydrogens (tertiary/aromatic N) is 2. The minimum Gasteiger partial charge on any atom is -0.481 e. The number of piperidine rings is 2. The summed E-state index contributed by atoms with van der Waals surface area (Å²) in [5, 5.41) is 31.3. The maximum Gasteiger partial charge on any atom is 0.356 e. The van der Waals surface area contributed by atoms with Gasteiger partial charge in [-0.3, -0.25) is 14.6 Å². The number of nitrogens with one attached hydrogen (secondary N) is 2.